The van der Waals surface area contributed by atoms with Crippen molar-refractivity contribution in [3.63, 3.8) is 0 Å². The highest BCUT2D eigenvalue weighted by Gasteiger charge is 2.01. The Kier molecular flexibility index (Phi) is 3.15. The van der Waals surface area contributed by atoms with Crippen molar-refractivity contribution in [2.45, 2.75) is 13.5 Å². The van der Waals surface area contributed by atoms with Crippen molar-refractivity contribution in [1.82, 2.24) is 9.97 Å². The van der Waals surface area contributed by atoms with Crippen LogP contribution in [-0.2, 0) is 11.3 Å². The number of H-pyrrole nitrogens is 1. The van der Waals surface area contributed by atoms with Crippen LogP contribution in [-0.4, -0.2) is 16.6 Å². The van der Waals surface area contributed by atoms with Crippen molar-refractivity contribution in [2.75, 3.05) is 6.61 Å². The lowest BCUT2D eigenvalue weighted by molar-refractivity contribution is 0.129. The van der Waals surface area contributed by atoms with Crippen molar-refractivity contribution in [3.05, 3.63) is 42.4 Å². The molecule has 0 saturated carbocycles. The van der Waals surface area contributed by atoms with Crippen LogP contribution in [0.25, 0.3) is 11.3 Å². The largest absolute Gasteiger partial charge is 0.374 e. The molecule has 0 saturated heterocycles. The molecule has 1 aromatic carbocycles. The number of imidazole rings is 1. The molecule has 15 heavy (non-hydrogen) atoms. The quantitative estimate of drug-likeness (QED) is 0.827. The first-order chi connectivity index (χ1) is 7.40. The van der Waals surface area contributed by atoms with E-state index < -0.39 is 0 Å². The fourth-order valence-corrected chi connectivity index (χ4v) is 1.40. The molecule has 3 nitrogen and oxygen atoms in total. The summed E-state index contributed by atoms with van der Waals surface area (Å²) in [5.74, 6) is 0.871. The second-order valence-corrected chi connectivity index (χ2v) is 3.25. The van der Waals surface area contributed by atoms with Crippen LogP contribution in [0.4, 0.5) is 0 Å². The van der Waals surface area contributed by atoms with Crippen LogP contribution in [0.5, 0.6) is 0 Å². The maximum atomic E-state index is 5.27. The van der Waals surface area contributed by atoms with E-state index in [2.05, 4.69) is 22.1 Å². The maximum absolute atomic E-state index is 5.27. The average molecular weight is 202 g/mol. The third kappa shape index (κ3) is 2.44. The number of nitrogens with one attached hydrogen (secondary N) is 1. The van der Waals surface area contributed by atoms with Gasteiger partial charge in [-0.1, -0.05) is 30.3 Å². The average Bonchev–Trinajstić information content (AvgIpc) is 2.76. The van der Waals surface area contributed by atoms with E-state index in [1.165, 1.54) is 0 Å². The number of hydrogen-bond acceptors (Lipinski definition) is 2. The van der Waals surface area contributed by atoms with Gasteiger partial charge in [0.05, 0.1) is 11.9 Å². The molecule has 0 aliphatic carbocycles. The van der Waals surface area contributed by atoms with Crippen LogP contribution in [0.3, 0.4) is 0 Å². The Bertz CT molecular complexity index is 409. The van der Waals surface area contributed by atoms with Crippen LogP contribution < -0.4 is 0 Å². The van der Waals surface area contributed by atoms with Gasteiger partial charge in [0.15, 0.2) is 0 Å². The third-order valence-corrected chi connectivity index (χ3v) is 2.16. The first-order valence-electron chi connectivity index (χ1n) is 5.07. The highest BCUT2D eigenvalue weighted by molar-refractivity contribution is 5.57. The van der Waals surface area contributed by atoms with Crippen molar-refractivity contribution in [2.24, 2.45) is 0 Å². The summed E-state index contributed by atoms with van der Waals surface area (Å²) in [5.41, 5.74) is 2.18. The van der Waals surface area contributed by atoms with Gasteiger partial charge in [0.25, 0.3) is 0 Å². The molecule has 0 unspecified atom stereocenters. The fourth-order valence-electron chi connectivity index (χ4n) is 1.40. The van der Waals surface area contributed by atoms with Gasteiger partial charge in [-0.25, -0.2) is 4.98 Å². The molecule has 2 aromatic rings. The lowest BCUT2D eigenvalue weighted by atomic mass is 10.2. The zero-order chi connectivity index (χ0) is 10.5. The zero-order valence-corrected chi connectivity index (χ0v) is 8.73. The summed E-state index contributed by atoms with van der Waals surface area (Å²) in [5, 5.41) is 0. The molecule has 2 rings (SSSR count). The molecule has 1 aromatic heterocycles. The van der Waals surface area contributed by atoms with E-state index in [4.69, 9.17) is 4.74 Å². The Labute approximate surface area is 89.1 Å². The molecule has 78 valence electrons. The van der Waals surface area contributed by atoms with E-state index in [-0.39, 0.29) is 0 Å². The SMILES string of the molecule is CCOCc1ncc(-c2ccccc2)[nH]1. The number of aromatic amines is 1. The highest BCUT2D eigenvalue weighted by atomic mass is 16.5. The van der Waals surface area contributed by atoms with Gasteiger partial charge >= 0.3 is 0 Å². The van der Waals surface area contributed by atoms with Crippen molar-refractivity contribution < 1.29 is 4.74 Å². The van der Waals surface area contributed by atoms with Crippen LogP contribution >= 0.6 is 0 Å². The van der Waals surface area contributed by atoms with Crippen molar-refractivity contribution >= 4 is 0 Å². The summed E-state index contributed by atoms with van der Waals surface area (Å²) >= 11 is 0. The topological polar surface area (TPSA) is 37.9 Å². The second-order valence-electron chi connectivity index (χ2n) is 3.25. The zero-order valence-electron chi connectivity index (χ0n) is 8.73. The highest BCUT2D eigenvalue weighted by Crippen LogP contribution is 2.16. The summed E-state index contributed by atoms with van der Waals surface area (Å²) in [4.78, 5) is 7.48. The Morgan fingerprint density at radius 1 is 1.27 bits per heavy atom. The van der Waals surface area contributed by atoms with Gasteiger partial charge in [-0.15, -0.1) is 0 Å². The monoisotopic (exact) mass is 202 g/mol. The van der Waals surface area contributed by atoms with Gasteiger partial charge in [-0.2, -0.15) is 0 Å². The minimum absolute atomic E-state index is 0.545. The van der Waals surface area contributed by atoms with Gasteiger partial charge in [0, 0.05) is 6.61 Å². The maximum Gasteiger partial charge on any atom is 0.132 e. The molecule has 0 aliphatic heterocycles. The standard InChI is InChI=1S/C12H14N2O/c1-2-15-9-12-13-8-11(14-12)10-6-4-3-5-7-10/h3-8H,2,9H2,1H3,(H,13,14). The third-order valence-electron chi connectivity index (χ3n) is 2.16. The molecule has 0 radical (unpaired) electrons. The fraction of sp³-hybridized carbons (Fsp3) is 0.250. The summed E-state index contributed by atoms with van der Waals surface area (Å²) in [6.45, 7) is 3.23. The van der Waals surface area contributed by atoms with Gasteiger partial charge < -0.3 is 9.72 Å². The number of ether oxygens (including phenoxy) is 1. The molecule has 0 amide bonds. The molecule has 0 bridgehead atoms. The minimum Gasteiger partial charge on any atom is -0.374 e. The lowest BCUT2D eigenvalue weighted by Crippen LogP contribution is -1.93. The number of rotatable bonds is 4. The van der Waals surface area contributed by atoms with E-state index in [1.807, 2.05) is 31.3 Å². The van der Waals surface area contributed by atoms with Gasteiger partial charge in [-0.05, 0) is 12.5 Å². The van der Waals surface area contributed by atoms with E-state index in [0.29, 0.717) is 13.2 Å². The van der Waals surface area contributed by atoms with E-state index >= 15 is 0 Å². The van der Waals surface area contributed by atoms with E-state index in [9.17, 15) is 0 Å². The predicted octanol–water partition coefficient (Wildman–Crippen LogP) is 2.61. The first-order valence-corrected chi connectivity index (χ1v) is 5.07. The number of nitrogens with zero attached hydrogens (tertiary/aromatic N) is 1. The van der Waals surface area contributed by atoms with Crippen LogP contribution in [0.1, 0.15) is 12.7 Å². The van der Waals surface area contributed by atoms with Crippen LogP contribution in [0.15, 0.2) is 36.5 Å². The molecule has 0 aliphatic rings. The smallest absolute Gasteiger partial charge is 0.132 e. The van der Waals surface area contributed by atoms with Gasteiger partial charge in [0.2, 0.25) is 0 Å². The molecular weight excluding hydrogens is 188 g/mol. The minimum atomic E-state index is 0.545. The first kappa shape index (κ1) is 9.93. The number of hydrogen-bond donors (Lipinski definition) is 1. The van der Waals surface area contributed by atoms with Crippen molar-refractivity contribution in [3.8, 4) is 11.3 Å². The Morgan fingerprint density at radius 3 is 2.80 bits per heavy atom. The molecule has 3 heteroatoms. The normalized spacial score (nSPS) is 10.5. The number of aromatic nitrogens is 2. The predicted molar refractivity (Wildman–Crippen MR) is 59.4 cm³/mol. The molecule has 0 fully saturated rings. The Hall–Kier alpha value is -1.61. The Balaban J connectivity index is 2.14. The van der Waals surface area contributed by atoms with Gasteiger partial charge in [0.1, 0.15) is 12.4 Å². The molecule has 1 heterocycles. The molecular formula is C12H14N2O. The lowest BCUT2D eigenvalue weighted by Gasteiger charge is -1.97. The van der Waals surface area contributed by atoms with E-state index in [0.717, 1.165) is 17.1 Å². The summed E-state index contributed by atoms with van der Waals surface area (Å²) < 4.78 is 5.27. The molecule has 0 spiro atoms. The van der Waals surface area contributed by atoms with Crippen LogP contribution in [0.2, 0.25) is 0 Å². The summed E-state index contributed by atoms with van der Waals surface area (Å²) in [7, 11) is 0. The van der Waals surface area contributed by atoms with E-state index in [1.54, 1.807) is 0 Å². The molecule has 0 atom stereocenters. The summed E-state index contributed by atoms with van der Waals surface area (Å²) in [6, 6.07) is 10.1. The van der Waals surface area contributed by atoms with Crippen LogP contribution in [0, 0.1) is 0 Å². The number of benzene rings is 1. The second kappa shape index (κ2) is 4.75. The Morgan fingerprint density at radius 2 is 2.07 bits per heavy atom. The van der Waals surface area contributed by atoms with Crippen molar-refractivity contribution in [1.29, 1.82) is 0 Å². The molecule has 1 N–H and O–H groups in total. The van der Waals surface area contributed by atoms with Gasteiger partial charge in [-0.3, -0.25) is 0 Å². The summed E-state index contributed by atoms with van der Waals surface area (Å²) in [6.07, 6.45) is 1.84.